The first-order valence-electron chi connectivity index (χ1n) is 20.0. The Morgan fingerprint density at radius 1 is 0.404 bits per heavy atom. The van der Waals surface area contributed by atoms with E-state index in [1.165, 1.54) is 110 Å². The van der Waals surface area contributed by atoms with Crippen LogP contribution in [0, 0.1) is 23.7 Å². The van der Waals surface area contributed by atoms with Crippen LogP contribution >= 0.6 is 0 Å². The molecule has 0 saturated heterocycles. The van der Waals surface area contributed by atoms with Gasteiger partial charge in [0.05, 0.1) is 0 Å². The quantitative estimate of drug-likeness (QED) is 0.0890. The predicted octanol–water partition coefficient (Wildman–Crippen LogP) is 12.2. The zero-order chi connectivity index (χ0) is 34.8. The third kappa shape index (κ3) is 27.6. The van der Waals surface area contributed by atoms with Crippen LogP contribution < -0.4 is 7.16 Å². The van der Waals surface area contributed by atoms with Gasteiger partial charge in [-0.15, -0.1) is 0 Å². The van der Waals surface area contributed by atoms with Gasteiger partial charge >= 0.3 is 89.0 Å². The average molecular weight is 758 g/mol. The number of hydrogen-bond acceptors (Lipinski definition) is 2. The van der Waals surface area contributed by atoms with Gasteiger partial charge in [0.1, 0.15) is 0 Å². The maximum absolute atomic E-state index is 5.93. The van der Waals surface area contributed by atoms with E-state index >= 15 is 0 Å². The zero-order valence-electron chi connectivity index (χ0n) is 32.5. The molecule has 0 aromatic heterocycles. The van der Waals surface area contributed by atoms with Crippen molar-refractivity contribution in [3.05, 3.63) is 60.7 Å². The summed E-state index contributed by atoms with van der Waals surface area (Å²) in [6.45, 7) is 22.2. The normalized spacial score (nSPS) is 13.4. The van der Waals surface area contributed by atoms with E-state index in [1.807, 2.05) is 0 Å². The molecule has 47 heavy (non-hydrogen) atoms. The fourth-order valence-corrected chi connectivity index (χ4v) is 8.61. The number of unbranched alkanes of at least 4 members (excludes halogenated alkanes) is 4. The third-order valence-electron chi connectivity index (χ3n) is 9.42. The summed E-state index contributed by atoms with van der Waals surface area (Å²) < 4.78 is 14.9. The molecule has 2 nitrogen and oxygen atoms in total. The van der Waals surface area contributed by atoms with E-state index in [1.54, 1.807) is 0 Å². The van der Waals surface area contributed by atoms with Crippen LogP contribution in [0.1, 0.15) is 158 Å². The van der Waals surface area contributed by atoms with Crippen molar-refractivity contribution in [3.8, 4) is 0 Å². The Bertz CT molecular complexity index is 754. The molecule has 3 heteroatoms. The van der Waals surface area contributed by atoms with Gasteiger partial charge in [-0.2, -0.15) is 0 Å². The van der Waals surface area contributed by atoms with Crippen molar-refractivity contribution in [2.75, 3.05) is 26.4 Å². The van der Waals surface area contributed by atoms with Crippen LogP contribution in [0.3, 0.4) is 0 Å². The first kappa shape index (κ1) is 46.2. The molecule has 0 N–H and O–H groups in total. The predicted molar refractivity (Wildman–Crippen MR) is 213 cm³/mol. The molecule has 0 saturated carbocycles. The van der Waals surface area contributed by atoms with Gasteiger partial charge in [-0.05, 0) is 49.4 Å². The van der Waals surface area contributed by atoms with Gasteiger partial charge in [-0.25, -0.2) is 0 Å². The Kier molecular flexibility index (Phi) is 34.4. The number of benzene rings is 2. The summed E-state index contributed by atoms with van der Waals surface area (Å²) in [6.07, 6.45) is 21.1. The summed E-state index contributed by atoms with van der Waals surface area (Å²) >= 11 is -0.517. The van der Waals surface area contributed by atoms with E-state index in [4.69, 9.17) is 9.47 Å². The summed E-state index contributed by atoms with van der Waals surface area (Å²) in [5.41, 5.74) is 0. The molecule has 0 bridgehead atoms. The fourth-order valence-electron chi connectivity index (χ4n) is 5.60. The zero-order valence-corrected chi connectivity index (χ0v) is 35.4. The summed E-state index contributed by atoms with van der Waals surface area (Å²) in [6, 6.07) is 21.6. The molecular weight excluding hydrogens is 679 g/mol. The summed E-state index contributed by atoms with van der Waals surface area (Å²) in [5, 5.41) is 0. The molecule has 0 aliphatic carbocycles. The first-order valence-corrected chi connectivity index (χ1v) is 22.9. The topological polar surface area (TPSA) is 18.5 Å². The molecule has 0 aliphatic rings. The molecule has 0 heterocycles. The van der Waals surface area contributed by atoms with Crippen molar-refractivity contribution < 1.29 is 9.47 Å². The summed E-state index contributed by atoms with van der Waals surface area (Å²) in [5.74, 6) is 3.16. The molecule has 0 fully saturated rings. The molecular formula is C44H78O2Sn. The van der Waals surface area contributed by atoms with Gasteiger partial charge < -0.3 is 9.47 Å². The van der Waals surface area contributed by atoms with Crippen molar-refractivity contribution >= 4 is 28.3 Å². The molecule has 0 aliphatic heterocycles. The number of ether oxygens (including phenoxy) is 2. The Hall–Kier alpha value is -0.841. The molecule has 2 rings (SSSR count). The van der Waals surface area contributed by atoms with Crippen LogP contribution in [0.2, 0.25) is 0 Å². The standard InChI is InChI=1S/2C16H34O.2C6H5.Sn/c2*1-5-9-11-15(7-3)13-17-14-16(8-4)12-10-6-2;2*1-2-4-6-5-3-1;/h2*15-16H,5-14H2,1-4H3;2*1-5H;. The molecule has 2 aromatic rings. The van der Waals surface area contributed by atoms with Crippen LogP contribution in [0.4, 0.5) is 0 Å². The van der Waals surface area contributed by atoms with Crippen molar-refractivity contribution in [2.24, 2.45) is 23.7 Å². The summed E-state index contributed by atoms with van der Waals surface area (Å²) in [7, 11) is 0. The van der Waals surface area contributed by atoms with Gasteiger partial charge in [-0.1, -0.05) is 132 Å². The van der Waals surface area contributed by atoms with Gasteiger partial charge in [0.25, 0.3) is 0 Å². The minimum absolute atomic E-state index is 0.517. The Morgan fingerprint density at radius 2 is 0.660 bits per heavy atom. The van der Waals surface area contributed by atoms with E-state index in [-0.39, 0.29) is 0 Å². The van der Waals surface area contributed by atoms with Gasteiger partial charge in [0.2, 0.25) is 0 Å². The third-order valence-corrected chi connectivity index (χ3v) is 13.0. The van der Waals surface area contributed by atoms with E-state index < -0.39 is 21.1 Å². The average Bonchev–Trinajstić information content (AvgIpc) is 3.12. The number of rotatable bonds is 26. The van der Waals surface area contributed by atoms with E-state index in [0.29, 0.717) is 0 Å². The maximum atomic E-state index is 5.93. The van der Waals surface area contributed by atoms with E-state index in [9.17, 15) is 0 Å². The van der Waals surface area contributed by atoms with Crippen molar-refractivity contribution in [1.82, 2.24) is 0 Å². The van der Waals surface area contributed by atoms with Crippen molar-refractivity contribution in [1.29, 1.82) is 0 Å². The van der Waals surface area contributed by atoms with Crippen LogP contribution in [0.15, 0.2) is 60.7 Å². The monoisotopic (exact) mass is 759 g/mol. The Morgan fingerprint density at radius 3 is 0.872 bits per heavy atom. The van der Waals surface area contributed by atoms with Gasteiger partial charge in [0.15, 0.2) is 0 Å². The van der Waals surface area contributed by atoms with Crippen LogP contribution in [-0.4, -0.2) is 47.6 Å². The number of hydrogen-bond donors (Lipinski definition) is 0. The van der Waals surface area contributed by atoms with Gasteiger partial charge in [-0.3, -0.25) is 0 Å². The SMILES string of the molecule is CCCCC(CC)COCC(CC)CCCC.CCCCC(CC)COCC(CC)CCCC.c1cc[c]([Sn][c]2ccccc2)cc1. The van der Waals surface area contributed by atoms with Crippen LogP contribution in [-0.2, 0) is 9.47 Å². The fraction of sp³-hybridized carbons (Fsp3) is 0.727. The molecule has 4 atom stereocenters. The molecule has 0 amide bonds. The minimum atomic E-state index is -0.517. The summed E-state index contributed by atoms with van der Waals surface area (Å²) in [4.78, 5) is 0. The van der Waals surface area contributed by atoms with Crippen molar-refractivity contribution in [3.63, 3.8) is 0 Å². The second-order valence-electron chi connectivity index (χ2n) is 13.6. The van der Waals surface area contributed by atoms with Crippen LogP contribution in [0.5, 0.6) is 0 Å². The van der Waals surface area contributed by atoms with Crippen molar-refractivity contribution in [2.45, 2.75) is 158 Å². The molecule has 4 unspecified atom stereocenters. The molecule has 2 radical (unpaired) electrons. The second-order valence-corrected chi connectivity index (χ2v) is 17.6. The molecule has 0 spiro atoms. The second kappa shape index (κ2) is 35.0. The molecule has 2 aromatic carbocycles. The first-order chi connectivity index (χ1) is 23.0. The Labute approximate surface area is 305 Å². The van der Waals surface area contributed by atoms with E-state index in [0.717, 1.165) is 50.1 Å². The Balaban J connectivity index is 0.000000680. The van der Waals surface area contributed by atoms with Crippen LogP contribution in [0.25, 0.3) is 0 Å². The van der Waals surface area contributed by atoms with Gasteiger partial charge in [0, 0.05) is 26.4 Å². The van der Waals surface area contributed by atoms with E-state index in [2.05, 4.69) is 116 Å². The molecule has 270 valence electrons.